The number of sulfonamides is 1. The second kappa shape index (κ2) is 7.63. The Morgan fingerprint density at radius 1 is 1.19 bits per heavy atom. The Morgan fingerprint density at radius 3 is 2.81 bits per heavy atom. The van der Waals surface area contributed by atoms with Crippen LogP contribution in [0.5, 0.6) is 11.5 Å². The number of rotatable bonds is 9. The minimum atomic E-state index is -3.24. The van der Waals surface area contributed by atoms with Crippen molar-refractivity contribution in [3.05, 3.63) is 23.8 Å². The van der Waals surface area contributed by atoms with E-state index in [4.69, 9.17) is 9.47 Å². The SMILES string of the molecule is CCCNCCCS(=O)(=O)NCc1ccc2c(c1)OCO2. The summed E-state index contributed by atoms with van der Waals surface area (Å²) in [5, 5.41) is 3.19. The van der Waals surface area contributed by atoms with Crippen molar-refractivity contribution in [3.8, 4) is 11.5 Å². The lowest BCUT2D eigenvalue weighted by Crippen LogP contribution is -2.28. The lowest BCUT2D eigenvalue weighted by molar-refractivity contribution is 0.174. The van der Waals surface area contributed by atoms with Gasteiger partial charge >= 0.3 is 0 Å². The van der Waals surface area contributed by atoms with Gasteiger partial charge in [0.05, 0.1) is 5.75 Å². The quantitative estimate of drug-likeness (QED) is 0.670. The summed E-state index contributed by atoms with van der Waals surface area (Å²) in [5.41, 5.74) is 0.854. The Balaban J connectivity index is 1.76. The molecule has 0 amide bonds. The van der Waals surface area contributed by atoms with E-state index in [0.29, 0.717) is 17.9 Å². The highest BCUT2D eigenvalue weighted by Gasteiger charge is 2.14. The van der Waals surface area contributed by atoms with Gasteiger partial charge in [-0.3, -0.25) is 0 Å². The molecule has 0 saturated carbocycles. The molecule has 1 aliphatic heterocycles. The first-order chi connectivity index (χ1) is 10.1. The summed E-state index contributed by atoms with van der Waals surface area (Å²) in [4.78, 5) is 0. The van der Waals surface area contributed by atoms with Crippen molar-refractivity contribution in [1.82, 2.24) is 10.0 Å². The van der Waals surface area contributed by atoms with Crippen LogP contribution >= 0.6 is 0 Å². The minimum Gasteiger partial charge on any atom is -0.454 e. The first kappa shape index (κ1) is 16.1. The Bertz CT molecular complexity index is 560. The predicted octanol–water partition coefficient (Wildman–Crippen LogP) is 1.22. The Hall–Kier alpha value is -1.31. The zero-order valence-electron chi connectivity index (χ0n) is 12.2. The molecule has 1 aromatic rings. The predicted molar refractivity (Wildman–Crippen MR) is 81.0 cm³/mol. The fraction of sp³-hybridized carbons (Fsp3) is 0.571. The Kier molecular flexibility index (Phi) is 5.84. The highest BCUT2D eigenvalue weighted by Crippen LogP contribution is 2.32. The van der Waals surface area contributed by atoms with Crippen LogP contribution in [0.2, 0.25) is 0 Å². The maximum absolute atomic E-state index is 11.9. The molecule has 2 rings (SSSR count). The molecular formula is C14H22N2O4S. The van der Waals surface area contributed by atoms with E-state index in [1.54, 1.807) is 12.1 Å². The van der Waals surface area contributed by atoms with Gasteiger partial charge in [0.1, 0.15) is 0 Å². The summed E-state index contributed by atoms with van der Waals surface area (Å²) in [6, 6.07) is 5.42. The summed E-state index contributed by atoms with van der Waals surface area (Å²) >= 11 is 0. The summed E-state index contributed by atoms with van der Waals surface area (Å²) in [7, 11) is -3.24. The van der Waals surface area contributed by atoms with Crippen molar-refractivity contribution in [2.24, 2.45) is 0 Å². The maximum atomic E-state index is 11.9. The van der Waals surface area contributed by atoms with Crippen LogP contribution in [0.25, 0.3) is 0 Å². The first-order valence-electron chi connectivity index (χ1n) is 7.17. The monoisotopic (exact) mass is 314 g/mol. The third-order valence-corrected chi connectivity index (χ3v) is 4.54. The van der Waals surface area contributed by atoms with Gasteiger partial charge in [0, 0.05) is 6.54 Å². The largest absolute Gasteiger partial charge is 0.454 e. The standard InChI is InChI=1S/C14H22N2O4S/c1-2-6-15-7-3-8-21(17,18)16-10-12-4-5-13-14(9-12)20-11-19-13/h4-5,9,15-16H,2-3,6-8,10-11H2,1H3. The summed E-state index contributed by atoms with van der Waals surface area (Å²) in [6.07, 6.45) is 1.66. The van der Waals surface area contributed by atoms with E-state index in [9.17, 15) is 8.42 Å². The first-order valence-corrected chi connectivity index (χ1v) is 8.82. The number of hydrogen-bond acceptors (Lipinski definition) is 5. The van der Waals surface area contributed by atoms with Crippen LogP contribution < -0.4 is 19.5 Å². The molecule has 118 valence electrons. The average Bonchev–Trinajstić information content (AvgIpc) is 2.92. The normalized spacial score (nSPS) is 13.6. The highest BCUT2D eigenvalue weighted by atomic mass is 32.2. The zero-order valence-corrected chi connectivity index (χ0v) is 13.0. The summed E-state index contributed by atoms with van der Waals surface area (Å²) in [6.45, 7) is 4.21. The zero-order chi connectivity index (χ0) is 15.1. The highest BCUT2D eigenvalue weighted by molar-refractivity contribution is 7.89. The third kappa shape index (κ3) is 5.18. The van der Waals surface area contributed by atoms with Gasteiger partial charge in [0.15, 0.2) is 11.5 Å². The molecule has 0 aromatic heterocycles. The molecule has 21 heavy (non-hydrogen) atoms. The molecule has 6 nitrogen and oxygen atoms in total. The van der Waals surface area contributed by atoms with Gasteiger partial charge in [-0.25, -0.2) is 13.1 Å². The average molecular weight is 314 g/mol. The van der Waals surface area contributed by atoms with Crippen LogP contribution in [0, 0.1) is 0 Å². The van der Waals surface area contributed by atoms with Crippen LogP contribution in [-0.4, -0.2) is 34.1 Å². The van der Waals surface area contributed by atoms with Crippen LogP contribution in [0.4, 0.5) is 0 Å². The van der Waals surface area contributed by atoms with Crippen molar-refractivity contribution >= 4 is 10.0 Å². The molecule has 0 radical (unpaired) electrons. The van der Waals surface area contributed by atoms with E-state index in [1.807, 2.05) is 6.07 Å². The second-order valence-corrected chi connectivity index (χ2v) is 6.86. The molecule has 0 spiro atoms. The van der Waals surface area contributed by atoms with E-state index in [2.05, 4.69) is 17.0 Å². The fourth-order valence-corrected chi connectivity index (χ4v) is 3.06. The number of hydrogen-bond donors (Lipinski definition) is 2. The molecule has 1 heterocycles. The van der Waals surface area contributed by atoms with E-state index in [1.165, 1.54) is 0 Å². The summed E-state index contributed by atoms with van der Waals surface area (Å²) < 4.78 is 36.8. The molecule has 0 bridgehead atoms. The molecule has 0 fully saturated rings. The van der Waals surface area contributed by atoms with Crippen molar-refractivity contribution in [2.45, 2.75) is 26.3 Å². The van der Waals surface area contributed by atoms with Crippen molar-refractivity contribution in [1.29, 1.82) is 0 Å². The molecule has 0 atom stereocenters. The smallest absolute Gasteiger partial charge is 0.231 e. The molecule has 0 aliphatic carbocycles. The topological polar surface area (TPSA) is 76.7 Å². The van der Waals surface area contributed by atoms with Gasteiger partial charge in [0.25, 0.3) is 0 Å². The lowest BCUT2D eigenvalue weighted by Gasteiger charge is -2.08. The van der Waals surface area contributed by atoms with Gasteiger partial charge in [-0.1, -0.05) is 13.0 Å². The number of nitrogens with one attached hydrogen (secondary N) is 2. The van der Waals surface area contributed by atoms with Crippen molar-refractivity contribution in [2.75, 3.05) is 25.6 Å². The van der Waals surface area contributed by atoms with Crippen molar-refractivity contribution < 1.29 is 17.9 Å². The number of benzene rings is 1. The molecule has 7 heteroatoms. The summed E-state index contributed by atoms with van der Waals surface area (Å²) in [5.74, 6) is 1.49. The van der Waals surface area contributed by atoms with E-state index in [-0.39, 0.29) is 19.1 Å². The maximum Gasteiger partial charge on any atom is 0.231 e. The molecule has 0 unspecified atom stereocenters. The van der Waals surface area contributed by atoms with E-state index < -0.39 is 10.0 Å². The lowest BCUT2D eigenvalue weighted by atomic mass is 10.2. The van der Waals surface area contributed by atoms with Crippen LogP contribution in [0.15, 0.2) is 18.2 Å². The minimum absolute atomic E-state index is 0.133. The molecule has 1 aliphatic rings. The van der Waals surface area contributed by atoms with E-state index in [0.717, 1.165) is 25.1 Å². The molecule has 0 saturated heterocycles. The number of fused-ring (bicyclic) bond motifs is 1. The van der Waals surface area contributed by atoms with Crippen LogP contribution in [-0.2, 0) is 16.6 Å². The van der Waals surface area contributed by atoms with E-state index >= 15 is 0 Å². The number of ether oxygens (including phenoxy) is 2. The van der Waals surface area contributed by atoms with Gasteiger partial charge in [-0.05, 0) is 43.6 Å². The Labute approximate surface area is 125 Å². The van der Waals surface area contributed by atoms with Gasteiger partial charge in [-0.2, -0.15) is 0 Å². The second-order valence-electron chi connectivity index (χ2n) is 4.93. The third-order valence-electron chi connectivity index (χ3n) is 3.13. The fourth-order valence-electron chi connectivity index (χ4n) is 2.01. The molecule has 2 N–H and O–H groups in total. The molecule has 1 aromatic carbocycles. The van der Waals surface area contributed by atoms with Gasteiger partial charge in [0.2, 0.25) is 16.8 Å². The van der Waals surface area contributed by atoms with Crippen molar-refractivity contribution in [3.63, 3.8) is 0 Å². The van der Waals surface area contributed by atoms with Crippen LogP contribution in [0.1, 0.15) is 25.3 Å². The Morgan fingerprint density at radius 2 is 2.00 bits per heavy atom. The van der Waals surface area contributed by atoms with Gasteiger partial charge in [-0.15, -0.1) is 0 Å². The molecular weight excluding hydrogens is 292 g/mol. The van der Waals surface area contributed by atoms with Gasteiger partial charge < -0.3 is 14.8 Å². The van der Waals surface area contributed by atoms with Crippen LogP contribution in [0.3, 0.4) is 0 Å².